The first-order valence-corrected chi connectivity index (χ1v) is 15.4. The molecule has 0 aromatic heterocycles. The molecule has 1 unspecified atom stereocenters. The summed E-state index contributed by atoms with van der Waals surface area (Å²) in [7, 11) is 0. The Morgan fingerprint density at radius 3 is 1.74 bits per heavy atom. The minimum Gasteiger partial charge on any atom is -0.394 e. The van der Waals surface area contributed by atoms with Crippen LogP contribution in [-0.2, 0) is 28.9 Å². The fourth-order valence-corrected chi connectivity index (χ4v) is 4.44. The van der Waals surface area contributed by atoms with Crippen LogP contribution in [0, 0.1) is 23.7 Å². The number of unbranched alkanes of at least 4 members (excludes halogenated alkanes) is 4. The molecule has 0 aliphatic carbocycles. The van der Waals surface area contributed by atoms with Gasteiger partial charge in [0.25, 0.3) is 0 Å². The highest BCUT2D eigenvalue weighted by molar-refractivity contribution is 5.52. The molecule has 0 spiro atoms. The molecule has 4 heteroatoms. The van der Waals surface area contributed by atoms with E-state index in [-0.39, 0.29) is 13.2 Å². The lowest BCUT2D eigenvalue weighted by atomic mass is 10.0. The van der Waals surface area contributed by atoms with E-state index in [2.05, 4.69) is 86.1 Å². The summed E-state index contributed by atoms with van der Waals surface area (Å²) in [5.41, 5.74) is 7.47. The Morgan fingerprint density at radius 1 is 0.643 bits per heavy atom. The van der Waals surface area contributed by atoms with Crippen LogP contribution in [0.3, 0.4) is 0 Å². The number of benzene rings is 3. The first-order chi connectivity index (χ1) is 20.6. The summed E-state index contributed by atoms with van der Waals surface area (Å²) >= 11 is 0. The van der Waals surface area contributed by atoms with E-state index < -0.39 is 6.10 Å². The highest BCUT2D eigenvalue weighted by atomic mass is 16.5. The van der Waals surface area contributed by atoms with Crippen LogP contribution in [0.25, 0.3) is 0 Å². The lowest BCUT2D eigenvalue weighted by Gasteiger charge is -2.10. The van der Waals surface area contributed by atoms with E-state index in [1.54, 1.807) is 0 Å². The van der Waals surface area contributed by atoms with Crippen molar-refractivity contribution in [1.82, 2.24) is 0 Å². The first kappa shape index (κ1) is 33.1. The molecule has 0 aliphatic rings. The maximum absolute atomic E-state index is 9.42. The third kappa shape index (κ3) is 12.6. The Bertz CT molecular complexity index is 1300. The lowest BCUT2D eigenvalue weighted by molar-refractivity contribution is -0.0171. The predicted molar refractivity (Wildman–Crippen MR) is 171 cm³/mol. The fraction of sp³-hybridized carbons (Fsp3) is 0.421. The summed E-state index contributed by atoms with van der Waals surface area (Å²) in [6.07, 6.45) is 8.78. The Balaban J connectivity index is 1.70. The van der Waals surface area contributed by atoms with Crippen molar-refractivity contribution in [3.8, 4) is 23.7 Å². The second-order valence-electron chi connectivity index (χ2n) is 10.6. The van der Waals surface area contributed by atoms with Crippen LogP contribution in [0.4, 0.5) is 0 Å². The molecule has 0 bridgehead atoms. The van der Waals surface area contributed by atoms with Gasteiger partial charge >= 0.3 is 0 Å². The average Bonchev–Trinajstić information content (AvgIpc) is 3.02. The smallest absolute Gasteiger partial charge is 0.100 e. The Kier molecular flexibility index (Phi) is 15.5. The van der Waals surface area contributed by atoms with E-state index in [0.717, 1.165) is 40.7 Å². The van der Waals surface area contributed by atoms with Gasteiger partial charge in [0, 0.05) is 22.3 Å². The van der Waals surface area contributed by atoms with Gasteiger partial charge in [0.05, 0.1) is 33.0 Å². The summed E-state index contributed by atoms with van der Waals surface area (Å²) in [5, 5.41) is 18.3. The van der Waals surface area contributed by atoms with Gasteiger partial charge in [0.1, 0.15) is 6.10 Å². The summed E-state index contributed by atoms with van der Waals surface area (Å²) in [6, 6.07) is 23.2. The molecule has 0 saturated carbocycles. The zero-order valence-electron chi connectivity index (χ0n) is 25.3. The van der Waals surface area contributed by atoms with Gasteiger partial charge in [-0.1, -0.05) is 87.5 Å². The lowest BCUT2D eigenvalue weighted by Crippen LogP contribution is -2.20. The van der Waals surface area contributed by atoms with Crippen LogP contribution in [0.1, 0.15) is 91.3 Å². The van der Waals surface area contributed by atoms with Crippen molar-refractivity contribution < 1.29 is 19.7 Å². The van der Waals surface area contributed by atoms with Gasteiger partial charge in [0.2, 0.25) is 0 Å². The van der Waals surface area contributed by atoms with E-state index in [0.29, 0.717) is 19.8 Å². The number of hydrogen-bond acceptors (Lipinski definition) is 4. The minimum absolute atomic E-state index is 0.0821. The van der Waals surface area contributed by atoms with Crippen LogP contribution >= 0.6 is 0 Å². The SMILES string of the molecule is CCCCCc1ccc(C#Cc2ccc(C#Cc3ccc(CCCCC)cc3)c(COCCOCC(O)CO)c2)cc1. The number of aliphatic hydroxyl groups is 2. The summed E-state index contributed by atoms with van der Waals surface area (Å²) < 4.78 is 11.2. The van der Waals surface area contributed by atoms with Crippen molar-refractivity contribution in [2.24, 2.45) is 0 Å². The van der Waals surface area contributed by atoms with Crippen molar-refractivity contribution in [3.63, 3.8) is 0 Å². The van der Waals surface area contributed by atoms with E-state index in [1.807, 2.05) is 18.2 Å². The van der Waals surface area contributed by atoms with Crippen molar-refractivity contribution in [2.45, 2.75) is 77.9 Å². The normalized spacial score (nSPS) is 11.3. The Morgan fingerprint density at radius 2 is 1.17 bits per heavy atom. The number of aliphatic hydroxyl groups excluding tert-OH is 2. The third-order valence-corrected chi connectivity index (χ3v) is 6.99. The van der Waals surface area contributed by atoms with E-state index in [1.165, 1.54) is 49.7 Å². The number of hydrogen-bond donors (Lipinski definition) is 2. The molecule has 3 aromatic rings. The maximum Gasteiger partial charge on any atom is 0.100 e. The average molecular weight is 567 g/mol. The topological polar surface area (TPSA) is 58.9 Å². The number of ether oxygens (including phenoxy) is 2. The zero-order chi connectivity index (χ0) is 29.8. The zero-order valence-corrected chi connectivity index (χ0v) is 25.3. The first-order valence-electron chi connectivity index (χ1n) is 15.4. The van der Waals surface area contributed by atoms with Gasteiger partial charge in [0.15, 0.2) is 0 Å². The van der Waals surface area contributed by atoms with E-state index >= 15 is 0 Å². The van der Waals surface area contributed by atoms with Gasteiger partial charge in [-0.25, -0.2) is 0 Å². The van der Waals surface area contributed by atoms with Crippen molar-refractivity contribution in [1.29, 1.82) is 0 Å². The van der Waals surface area contributed by atoms with E-state index in [4.69, 9.17) is 14.6 Å². The molecule has 0 amide bonds. The molecular formula is C38H46O4. The molecule has 0 aliphatic heterocycles. The second kappa shape index (κ2) is 19.7. The molecular weight excluding hydrogens is 520 g/mol. The Labute approximate surface area is 253 Å². The molecule has 4 nitrogen and oxygen atoms in total. The van der Waals surface area contributed by atoms with Crippen LogP contribution < -0.4 is 0 Å². The molecule has 42 heavy (non-hydrogen) atoms. The maximum atomic E-state index is 9.42. The standard InChI is InChI=1S/C38H46O4/c1-3-5-7-9-31-11-15-33(16-12-31)19-20-35-22-24-36(37(27-35)29-41-25-26-42-30-38(40)28-39)23-21-34-17-13-32(14-18-34)10-8-6-4-2/h11-18,22,24,27,38-40H,3-10,25-26,28-30H2,1-2H3. The third-order valence-electron chi connectivity index (χ3n) is 6.99. The van der Waals surface area contributed by atoms with Crippen molar-refractivity contribution in [2.75, 3.05) is 26.4 Å². The Hall–Kier alpha value is -3.38. The molecule has 0 radical (unpaired) electrons. The predicted octanol–water partition coefficient (Wildman–Crippen LogP) is 6.84. The molecule has 2 N–H and O–H groups in total. The molecule has 1 atom stereocenters. The number of rotatable bonds is 16. The minimum atomic E-state index is -0.871. The number of aryl methyl sites for hydroxylation is 2. The summed E-state index contributed by atoms with van der Waals surface area (Å²) in [4.78, 5) is 0. The van der Waals surface area contributed by atoms with Crippen molar-refractivity contribution in [3.05, 3.63) is 106 Å². The largest absolute Gasteiger partial charge is 0.394 e. The quantitative estimate of drug-likeness (QED) is 0.147. The fourth-order valence-electron chi connectivity index (χ4n) is 4.44. The molecule has 0 heterocycles. The van der Waals surface area contributed by atoms with E-state index in [9.17, 15) is 5.11 Å². The highest BCUT2D eigenvalue weighted by Gasteiger charge is 2.05. The molecule has 3 aromatic carbocycles. The van der Waals surface area contributed by atoms with Crippen LogP contribution in [0.5, 0.6) is 0 Å². The second-order valence-corrected chi connectivity index (χ2v) is 10.6. The van der Waals surface area contributed by atoms with Crippen molar-refractivity contribution >= 4 is 0 Å². The van der Waals surface area contributed by atoms with Gasteiger partial charge < -0.3 is 19.7 Å². The van der Waals surface area contributed by atoms with Gasteiger partial charge in [-0.05, 0) is 84.8 Å². The molecule has 0 saturated heterocycles. The van der Waals surface area contributed by atoms with Crippen LogP contribution in [0.15, 0.2) is 66.7 Å². The van der Waals surface area contributed by atoms with Gasteiger partial charge in [-0.2, -0.15) is 0 Å². The summed E-state index contributed by atoms with van der Waals surface area (Å²) in [5.74, 6) is 13.2. The molecule has 0 fully saturated rings. The highest BCUT2D eigenvalue weighted by Crippen LogP contribution is 2.15. The molecule has 222 valence electrons. The van der Waals surface area contributed by atoms with Crippen LogP contribution in [-0.4, -0.2) is 42.7 Å². The monoisotopic (exact) mass is 566 g/mol. The summed E-state index contributed by atoms with van der Waals surface area (Å²) in [6.45, 7) is 5.28. The van der Waals surface area contributed by atoms with Crippen LogP contribution in [0.2, 0.25) is 0 Å². The molecule has 3 rings (SSSR count). The van der Waals surface area contributed by atoms with Gasteiger partial charge in [-0.15, -0.1) is 0 Å². The van der Waals surface area contributed by atoms with Gasteiger partial charge in [-0.3, -0.25) is 0 Å².